The van der Waals surface area contributed by atoms with E-state index >= 15 is 0 Å². The van der Waals surface area contributed by atoms with Crippen LogP contribution in [0.5, 0.6) is 0 Å². The predicted octanol–water partition coefficient (Wildman–Crippen LogP) is 5.75. The van der Waals surface area contributed by atoms with Gasteiger partial charge >= 0.3 is 0 Å². The van der Waals surface area contributed by atoms with E-state index in [1.165, 1.54) is 19.3 Å². The largest absolute Gasteiger partial charge is 0.314 e. The molecular weight excluding hydrogens is 270 g/mol. The van der Waals surface area contributed by atoms with Crippen molar-refractivity contribution in [2.24, 2.45) is 5.41 Å². The highest BCUT2D eigenvalue weighted by atomic mass is 33.1. The Morgan fingerprint density at radius 3 is 1.95 bits per heavy atom. The van der Waals surface area contributed by atoms with Crippen molar-refractivity contribution in [2.75, 3.05) is 7.05 Å². The smallest absolute Gasteiger partial charge is 0.0224 e. The van der Waals surface area contributed by atoms with Gasteiger partial charge in [0.1, 0.15) is 0 Å². The first kappa shape index (κ1) is 19.7. The second-order valence-corrected chi connectivity index (χ2v) is 11.2. The molecule has 0 aromatic carbocycles. The summed E-state index contributed by atoms with van der Waals surface area (Å²) in [6.45, 7) is 18.7. The molecule has 2 atom stereocenters. The van der Waals surface area contributed by atoms with Gasteiger partial charge in [0.05, 0.1) is 0 Å². The summed E-state index contributed by atoms with van der Waals surface area (Å²) < 4.78 is 0.310. The third-order valence-electron chi connectivity index (χ3n) is 3.54. The molecule has 0 rings (SSSR count). The topological polar surface area (TPSA) is 12.0 Å². The van der Waals surface area contributed by atoms with Crippen LogP contribution in [0.2, 0.25) is 0 Å². The molecule has 116 valence electrons. The second-order valence-electron chi connectivity index (χ2n) is 7.86. The molecule has 2 unspecified atom stereocenters. The maximum Gasteiger partial charge on any atom is 0.0224 e. The molecular formula is C16H35NS2. The minimum atomic E-state index is 0.254. The molecule has 0 aromatic rings. The first-order chi connectivity index (χ1) is 8.43. The Kier molecular flexibility index (Phi) is 7.87. The van der Waals surface area contributed by atoms with E-state index in [0.717, 1.165) is 0 Å². The lowest BCUT2D eigenvalue weighted by Crippen LogP contribution is -2.43. The molecule has 0 aliphatic rings. The third kappa shape index (κ3) is 9.25. The van der Waals surface area contributed by atoms with E-state index in [1.54, 1.807) is 0 Å². The van der Waals surface area contributed by atoms with Crippen LogP contribution >= 0.6 is 21.6 Å². The Morgan fingerprint density at radius 2 is 1.58 bits per heavy atom. The Bertz CT molecular complexity index is 252. The monoisotopic (exact) mass is 305 g/mol. The van der Waals surface area contributed by atoms with Crippen LogP contribution in [0.1, 0.15) is 74.7 Å². The Labute approximate surface area is 129 Å². The summed E-state index contributed by atoms with van der Waals surface area (Å²) in [5.74, 6) is 0. The Morgan fingerprint density at radius 1 is 1.05 bits per heavy atom. The zero-order valence-electron chi connectivity index (χ0n) is 14.5. The van der Waals surface area contributed by atoms with Crippen molar-refractivity contribution < 1.29 is 0 Å². The number of rotatable bonds is 8. The zero-order valence-corrected chi connectivity index (χ0v) is 16.1. The molecule has 0 heterocycles. The number of nitrogens with one attached hydrogen (secondary N) is 1. The SMILES string of the molecule is CCC(C)(CC(C)(C)SSC(C)CC(C)(C)C)NC. The maximum atomic E-state index is 3.49. The molecule has 0 saturated heterocycles. The zero-order chi connectivity index (χ0) is 15.3. The summed E-state index contributed by atoms with van der Waals surface area (Å²) in [5.41, 5.74) is 0.685. The van der Waals surface area contributed by atoms with Crippen molar-refractivity contribution in [1.29, 1.82) is 0 Å². The standard InChI is InChI=1S/C16H35NS2/c1-10-16(8,17-9)12-15(6,7)19-18-13(2)11-14(3,4)5/h13,17H,10-12H2,1-9H3. The summed E-state index contributed by atoms with van der Waals surface area (Å²) in [6, 6.07) is 0. The highest BCUT2D eigenvalue weighted by Gasteiger charge is 2.31. The lowest BCUT2D eigenvalue weighted by molar-refractivity contribution is 0.317. The predicted molar refractivity (Wildman–Crippen MR) is 95.2 cm³/mol. The third-order valence-corrected chi connectivity index (χ3v) is 7.35. The lowest BCUT2D eigenvalue weighted by Gasteiger charge is -2.37. The molecule has 1 N–H and O–H groups in total. The van der Waals surface area contributed by atoms with Crippen molar-refractivity contribution in [3.8, 4) is 0 Å². The summed E-state index contributed by atoms with van der Waals surface area (Å²) >= 11 is 0. The number of hydrogen-bond donors (Lipinski definition) is 1. The molecule has 0 radical (unpaired) electrons. The van der Waals surface area contributed by atoms with Gasteiger partial charge in [-0.15, -0.1) is 0 Å². The summed E-state index contributed by atoms with van der Waals surface area (Å²) in [4.78, 5) is 0. The van der Waals surface area contributed by atoms with Crippen LogP contribution in [0.15, 0.2) is 0 Å². The van der Waals surface area contributed by atoms with Crippen molar-refractivity contribution >= 4 is 21.6 Å². The maximum absolute atomic E-state index is 3.49. The molecule has 0 amide bonds. The van der Waals surface area contributed by atoms with Gasteiger partial charge < -0.3 is 5.32 Å². The van der Waals surface area contributed by atoms with E-state index in [-0.39, 0.29) is 5.54 Å². The first-order valence-electron chi connectivity index (χ1n) is 7.46. The van der Waals surface area contributed by atoms with Gasteiger partial charge in [0, 0.05) is 15.5 Å². The fourth-order valence-corrected chi connectivity index (χ4v) is 5.49. The van der Waals surface area contributed by atoms with Crippen LogP contribution in [0.4, 0.5) is 0 Å². The average Bonchev–Trinajstić information content (AvgIpc) is 2.24. The van der Waals surface area contributed by atoms with Crippen LogP contribution in [-0.2, 0) is 0 Å². The molecule has 1 nitrogen and oxygen atoms in total. The normalized spacial score (nSPS) is 18.2. The van der Waals surface area contributed by atoms with Crippen molar-refractivity contribution in [1.82, 2.24) is 5.32 Å². The molecule has 3 heteroatoms. The van der Waals surface area contributed by atoms with Crippen LogP contribution in [0, 0.1) is 5.41 Å². The van der Waals surface area contributed by atoms with E-state index in [9.17, 15) is 0 Å². The molecule has 19 heavy (non-hydrogen) atoms. The van der Waals surface area contributed by atoms with Crippen molar-refractivity contribution in [3.05, 3.63) is 0 Å². The van der Waals surface area contributed by atoms with E-state index in [2.05, 4.69) is 89.3 Å². The van der Waals surface area contributed by atoms with Crippen LogP contribution in [0.25, 0.3) is 0 Å². The van der Waals surface area contributed by atoms with Gasteiger partial charge in [-0.2, -0.15) is 0 Å². The van der Waals surface area contributed by atoms with Gasteiger partial charge in [-0.3, -0.25) is 0 Å². The van der Waals surface area contributed by atoms with Crippen LogP contribution in [-0.4, -0.2) is 22.6 Å². The number of hydrogen-bond acceptors (Lipinski definition) is 3. The molecule has 0 spiro atoms. The molecule has 0 bridgehead atoms. The first-order valence-corrected chi connectivity index (χ1v) is 9.68. The molecule has 0 saturated carbocycles. The average molecular weight is 306 g/mol. The highest BCUT2D eigenvalue weighted by molar-refractivity contribution is 8.77. The minimum Gasteiger partial charge on any atom is -0.314 e. The van der Waals surface area contributed by atoms with E-state index in [0.29, 0.717) is 15.4 Å². The molecule has 0 aliphatic carbocycles. The van der Waals surface area contributed by atoms with Crippen molar-refractivity contribution in [2.45, 2.75) is 90.2 Å². The van der Waals surface area contributed by atoms with E-state index in [4.69, 9.17) is 0 Å². The summed E-state index contributed by atoms with van der Waals surface area (Å²) in [6.07, 6.45) is 3.65. The Hall–Kier alpha value is 0.660. The van der Waals surface area contributed by atoms with E-state index in [1.807, 2.05) is 0 Å². The second kappa shape index (κ2) is 7.61. The highest BCUT2D eigenvalue weighted by Crippen LogP contribution is 2.45. The molecule has 0 aromatic heterocycles. The molecule has 0 fully saturated rings. The molecule has 0 aliphatic heterocycles. The minimum absolute atomic E-state index is 0.254. The van der Waals surface area contributed by atoms with Crippen LogP contribution < -0.4 is 5.32 Å². The summed E-state index contributed by atoms with van der Waals surface area (Å²) in [5, 5.41) is 4.20. The van der Waals surface area contributed by atoms with Gasteiger partial charge in [-0.05, 0) is 52.5 Å². The van der Waals surface area contributed by atoms with Gasteiger partial charge in [0.25, 0.3) is 0 Å². The van der Waals surface area contributed by atoms with Gasteiger partial charge in [0.2, 0.25) is 0 Å². The Balaban J connectivity index is 4.30. The summed E-state index contributed by atoms with van der Waals surface area (Å²) in [7, 11) is 6.21. The van der Waals surface area contributed by atoms with Gasteiger partial charge in [-0.25, -0.2) is 0 Å². The quantitative estimate of drug-likeness (QED) is 0.573. The lowest BCUT2D eigenvalue weighted by atomic mass is 9.88. The van der Waals surface area contributed by atoms with Gasteiger partial charge in [0.15, 0.2) is 0 Å². The fourth-order valence-electron chi connectivity index (χ4n) is 2.47. The van der Waals surface area contributed by atoms with Crippen LogP contribution in [0.3, 0.4) is 0 Å². The van der Waals surface area contributed by atoms with Gasteiger partial charge in [-0.1, -0.05) is 56.2 Å². The van der Waals surface area contributed by atoms with Crippen molar-refractivity contribution in [3.63, 3.8) is 0 Å². The van der Waals surface area contributed by atoms with E-state index < -0.39 is 0 Å². The fraction of sp³-hybridized carbons (Fsp3) is 1.00.